The van der Waals surface area contributed by atoms with Crippen molar-refractivity contribution >= 4 is 45.9 Å². The van der Waals surface area contributed by atoms with Crippen molar-refractivity contribution in [3.05, 3.63) is 51.3 Å². The third kappa shape index (κ3) is 3.55. The van der Waals surface area contributed by atoms with Gasteiger partial charge in [0, 0.05) is 11.6 Å². The van der Waals surface area contributed by atoms with Gasteiger partial charge in [-0.05, 0) is 23.8 Å². The molecule has 1 aromatic heterocycles. The highest BCUT2D eigenvalue weighted by molar-refractivity contribution is 8.19. The lowest BCUT2D eigenvalue weighted by Gasteiger charge is -2.04. The minimum Gasteiger partial charge on any atom is -0.484 e. The molecule has 0 saturated carbocycles. The van der Waals surface area contributed by atoms with Crippen LogP contribution in [-0.4, -0.2) is 28.3 Å². The van der Waals surface area contributed by atoms with Crippen LogP contribution < -0.4 is 10.5 Å². The van der Waals surface area contributed by atoms with Crippen LogP contribution >= 0.6 is 23.1 Å². The summed E-state index contributed by atoms with van der Waals surface area (Å²) < 4.78 is 5.19. The molecule has 0 radical (unpaired) electrons. The molecule has 1 amide bonds. The molecule has 1 atom stereocenters. The summed E-state index contributed by atoms with van der Waals surface area (Å²) in [4.78, 5) is 27.9. The molecule has 1 aliphatic rings. The van der Waals surface area contributed by atoms with Crippen LogP contribution in [0.2, 0.25) is 0 Å². The Morgan fingerprint density at radius 3 is 2.75 bits per heavy atom. The molecule has 0 spiro atoms. The molecule has 8 heteroatoms. The van der Waals surface area contributed by atoms with Gasteiger partial charge >= 0.3 is 0 Å². The number of thiazole rings is 1. The maximum absolute atomic E-state index is 12.5. The van der Waals surface area contributed by atoms with Gasteiger partial charge < -0.3 is 10.5 Å². The molecule has 1 unspecified atom stereocenters. The van der Waals surface area contributed by atoms with Gasteiger partial charge in [0.25, 0.3) is 5.91 Å². The van der Waals surface area contributed by atoms with Crippen molar-refractivity contribution in [2.75, 3.05) is 6.61 Å². The number of thioether (sulfide) groups is 1. The van der Waals surface area contributed by atoms with Crippen LogP contribution in [0.15, 0.2) is 40.7 Å². The summed E-state index contributed by atoms with van der Waals surface area (Å²) in [5, 5.41) is 10.8. The van der Waals surface area contributed by atoms with Crippen molar-refractivity contribution in [1.29, 1.82) is 5.41 Å². The molecule has 122 valence electrons. The third-order valence-corrected chi connectivity index (χ3v) is 5.08. The van der Waals surface area contributed by atoms with Crippen LogP contribution in [0.5, 0.6) is 5.75 Å². The average Bonchev–Trinajstić information content (AvgIpc) is 3.15. The molecular weight excluding hydrogens is 346 g/mol. The number of rotatable bonds is 5. The fraction of sp³-hybridized carbons (Fsp3) is 0.125. The lowest BCUT2D eigenvalue weighted by molar-refractivity contribution is -0.120. The number of ketones is 1. The Hall–Kier alpha value is -2.45. The second kappa shape index (κ2) is 6.98. The number of hydrogen-bond acceptors (Lipinski definition) is 7. The Bertz CT molecular complexity index is 814. The summed E-state index contributed by atoms with van der Waals surface area (Å²) in [5.74, 6) is -0.705. The van der Waals surface area contributed by atoms with Gasteiger partial charge in [-0.1, -0.05) is 23.9 Å². The molecule has 3 N–H and O–H groups in total. The molecule has 2 heterocycles. The van der Waals surface area contributed by atoms with Gasteiger partial charge in [-0.3, -0.25) is 15.0 Å². The van der Waals surface area contributed by atoms with Gasteiger partial charge in [0.05, 0.1) is 9.95 Å². The van der Waals surface area contributed by atoms with E-state index in [2.05, 4.69) is 4.98 Å². The van der Waals surface area contributed by atoms with Gasteiger partial charge in [0.2, 0.25) is 0 Å². The molecule has 1 aromatic carbocycles. The zero-order valence-electron chi connectivity index (χ0n) is 12.4. The molecule has 3 rings (SSSR count). The van der Waals surface area contributed by atoms with Crippen LogP contribution in [-0.2, 0) is 9.59 Å². The smallest absolute Gasteiger partial charge is 0.255 e. The summed E-state index contributed by atoms with van der Waals surface area (Å²) >= 11 is 2.54. The van der Waals surface area contributed by atoms with Crippen LogP contribution in [0, 0.1) is 5.41 Å². The van der Waals surface area contributed by atoms with E-state index in [4.69, 9.17) is 15.9 Å². The number of amides is 1. The first-order valence-electron chi connectivity index (χ1n) is 6.97. The fourth-order valence-corrected chi connectivity index (χ4v) is 3.96. The number of carbonyl (C=O) groups is 2. The lowest BCUT2D eigenvalue weighted by atomic mass is 10.1. The number of ether oxygens (including phenoxy) is 1. The summed E-state index contributed by atoms with van der Waals surface area (Å²) in [6.07, 6.45) is 3.38. The Labute approximate surface area is 146 Å². The highest BCUT2D eigenvalue weighted by atomic mass is 32.2. The van der Waals surface area contributed by atoms with Gasteiger partial charge in [0.15, 0.2) is 12.4 Å². The lowest BCUT2D eigenvalue weighted by Crippen LogP contribution is -2.19. The number of nitrogens with two attached hydrogens (primary N) is 1. The number of hydrogen-bond donors (Lipinski definition) is 2. The first kappa shape index (κ1) is 16.4. The van der Waals surface area contributed by atoms with Crippen molar-refractivity contribution in [3.8, 4) is 5.75 Å². The maximum Gasteiger partial charge on any atom is 0.255 e. The molecule has 24 heavy (non-hydrogen) atoms. The van der Waals surface area contributed by atoms with E-state index in [0.717, 1.165) is 17.3 Å². The summed E-state index contributed by atoms with van der Waals surface area (Å²) in [6.45, 7) is -0.179. The monoisotopic (exact) mass is 359 g/mol. The van der Waals surface area contributed by atoms with E-state index in [-0.39, 0.29) is 12.4 Å². The van der Waals surface area contributed by atoms with Crippen molar-refractivity contribution < 1.29 is 14.3 Å². The SMILES string of the molecule is N=C1SC(=Cc2ccc(OCC(N)=O)cc2)C(=O)C1c1nccs1. The van der Waals surface area contributed by atoms with E-state index in [9.17, 15) is 9.59 Å². The van der Waals surface area contributed by atoms with Crippen molar-refractivity contribution in [3.63, 3.8) is 0 Å². The van der Waals surface area contributed by atoms with Crippen molar-refractivity contribution in [2.24, 2.45) is 5.73 Å². The Morgan fingerprint density at radius 2 is 2.12 bits per heavy atom. The van der Waals surface area contributed by atoms with E-state index in [0.29, 0.717) is 20.7 Å². The van der Waals surface area contributed by atoms with E-state index in [1.807, 2.05) is 0 Å². The second-order valence-electron chi connectivity index (χ2n) is 4.97. The number of primary amides is 1. The zero-order chi connectivity index (χ0) is 17.1. The zero-order valence-corrected chi connectivity index (χ0v) is 14.0. The predicted molar refractivity (Wildman–Crippen MR) is 94.3 cm³/mol. The normalized spacial score (nSPS) is 19.0. The quantitative estimate of drug-likeness (QED) is 0.798. The Balaban J connectivity index is 1.76. The number of allylic oxidation sites excluding steroid dienone is 1. The molecule has 1 saturated heterocycles. The third-order valence-electron chi connectivity index (χ3n) is 3.24. The number of Topliss-reactive ketones (excluding diaryl/α,β-unsaturated/α-hetero) is 1. The van der Waals surface area contributed by atoms with Gasteiger partial charge in [-0.25, -0.2) is 4.98 Å². The second-order valence-corrected chi connectivity index (χ2v) is 6.98. The first-order valence-corrected chi connectivity index (χ1v) is 8.67. The Kier molecular flexibility index (Phi) is 4.77. The van der Waals surface area contributed by atoms with Gasteiger partial charge in [-0.2, -0.15) is 0 Å². The predicted octanol–water partition coefficient (Wildman–Crippen LogP) is 2.43. The molecule has 6 nitrogen and oxygen atoms in total. The fourth-order valence-electron chi connectivity index (χ4n) is 2.16. The van der Waals surface area contributed by atoms with E-state index >= 15 is 0 Å². The highest BCUT2D eigenvalue weighted by Gasteiger charge is 2.38. The summed E-state index contributed by atoms with van der Waals surface area (Å²) in [5.41, 5.74) is 5.83. The number of carbonyl (C=O) groups excluding carboxylic acids is 2. The molecule has 1 aliphatic heterocycles. The Morgan fingerprint density at radius 1 is 1.38 bits per heavy atom. The molecule has 1 fully saturated rings. The van der Waals surface area contributed by atoms with Gasteiger partial charge in [0.1, 0.15) is 16.7 Å². The van der Waals surface area contributed by atoms with Gasteiger partial charge in [-0.15, -0.1) is 11.3 Å². The number of nitrogens with zero attached hydrogens (tertiary/aromatic N) is 1. The topological polar surface area (TPSA) is 106 Å². The van der Waals surface area contributed by atoms with E-state index in [1.165, 1.54) is 11.3 Å². The summed E-state index contributed by atoms with van der Waals surface area (Å²) in [6, 6.07) is 6.95. The van der Waals surface area contributed by atoms with Crippen LogP contribution in [0.25, 0.3) is 6.08 Å². The molecule has 0 aliphatic carbocycles. The number of nitrogens with one attached hydrogen (secondary N) is 1. The molecular formula is C16H13N3O3S2. The van der Waals surface area contributed by atoms with E-state index < -0.39 is 11.8 Å². The van der Waals surface area contributed by atoms with Crippen LogP contribution in [0.4, 0.5) is 0 Å². The van der Waals surface area contributed by atoms with Crippen LogP contribution in [0.1, 0.15) is 16.5 Å². The number of aromatic nitrogens is 1. The minimum atomic E-state index is -0.584. The molecule has 0 bridgehead atoms. The maximum atomic E-state index is 12.5. The van der Waals surface area contributed by atoms with Crippen LogP contribution in [0.3, 0.4) is 0 Å². The molecule has 2 aromatic rings. The number of benzene rings is 1. The van der Waals surface area contributed by atoms with E-state index in [1.54, 1.807) is 41.9 Å². The van der Waals surface area contributed by atoms with Crippen molar-refractivity contribution in [1.82, 2.24) is 4.98 Å². The highest BCUT2D eigenvalue weighted by Crippen LogP contribution is 2.41. The first-order chi connectivity index (χ1) is 11.5. The minimum absolute atomic E-state index is 0.103. The summed E-state index contributed by atoms with van der Waals surface area (Å²) in [7, 11) is 0. The van der Waals surface area contributed by atoms with Crippen molar-refractivity contribution in [2.45, 2.75) is 5.92 Å². The largest absolute Gasteiger partial charge is 0.484 e. The average molecular weight is 359 g/mol. The standard InChI is InChI=1S/C16H13N3O3S2/c17-12(20)8-22-10-3-1-9(2-4-10)7-11-14(21)13(15(18)24-11)16-19-5-6-23-16/h1-7,13,18H,8H2,(H2,17,20).